The van der Waals surface area contributed by atoms with Gasteiger partial charge in [0, 0.05) is 11.0 Å². The SMILES string of the molecule is CC(C)Oc1ccc(CNC(=S)NC(=O)c2cc(Br)ccc2OC(C)C)cc1. The van der Waals surface area contributed by atoms with Crippen molar-refractivity contribution in [1.82, 2.24) is 10.6 Å². The molecule has 0 saturated heterocycles. The first-order chi connectivity index (χ1) is 13.2. The number of halogens is 1. The zero-order chi connectivity index (χ0) is 20.7. The van der Waals surface area contributed by atoms with Crippen LogP contribution in [0, 0.1) is 0 Å². The summed E-state index contributed by atoms with van der Waals surface area (Å²) in [4.78, 5) is 12.6. The Morgan fingerprint density at radius 1 is 1.04 bits per heavy atom. The second kappa shape index (κ2) is 10.4. The van der Waals surface area contributed by atoms with E-state index >= 15 is 0 Å². The summed E-state index contributed by atoms with van der Waals surface area (Å²) >= 11 is 8.64. The van der Waals surface area contributed by atoms with E-state index in [2.05, 4.69) is 26.6 Å². The standard InChI is InChI=1S/C21H25BrN2O3S/c1-13(2)26-17-8-5-15(6-9-17)12-23-21(28)24-20(25)18-11-16(22)7-10-19(18)27-14(3)4/h5-11,13-14H,12H2,1-4H3,(H2,23,24,25,28). The van der Waals surface area contributed by atoms with E-state index in [1.165, 1.54) is 0 Å². The van der Waals surface area contributed by atoms with Crippen molar-refractivity contribution >= 4 is 39.2 Å². The van der Waals surface area contributed by atoms with Gasteiger partial charge < -0.3 is 14.8 Å². The average Bonchev–Trinajstić information content (AvgIpc) is 2.61. The number of hydrogen-bond acceptors (Lipinski definition) is 4. The lowest BCUT2D eigenvalue weighted by atomic mass is 10.2. The first-order valence-electron chi connectivity index (χ1n) is 9.05. The first-order valence-corrected chi connectivity index (χ1v) is 10.3. The van der Waals surface area contributed by atoms with Crippen molar-refractivity contribution < 1.29 is 14.3 Å². The molecule has 150 valence electrons. The molecular weight excluding hydrogens is 440 g/mol. The monoisotopic (exact) mass is 464 g/mol. The minimum Gasteiger partial charge on any atom is -0.491 e. The summed E-state index contributed by atoms with van der Waals surface area (Å²) in [7, 11) is 0. The minimum absolute atomic E-state index is 0.0413. The van der Waals surface area contributed by atoms with Gasteiger partial charge in [-0.3, -0.25) is 10.1 Å². The average molecular weight is 465 g/mol. The van der Waals surface area contributed by atoms with Crippen molar-refractivity contribution in [2.24, 2.45) is 0 Å². The molecule has 0 aliphatic rings. The van der Waals surface area contributed by atoms with Crippen LogP contribution in [0.5, 0.6) is 11.5 Å². The molecule has 2 aromatic rings. The Morgan fingerprint density at radius 2 is 1.68 bits per heavy atom. The molecule has 7 heteroatoms. The van der Waals surface area contributed by atoms with Crippen LogP contribution in [-0.2, 0) is 6.54 Å². The highest BCUT2D eigenvalue weighted by atomic mass is 79.9. The molecule has 0 aromatic heterocycles. The molecule has 0 radical (unpaired) electrons. The van der Waals surface area contributed by atoms with Crippen molar-refractivity contribution in [3.63, 3.8) is 0 Å². The molecule has 2 rings (SSSR count). The van der Waals surface area contributed by atoms with Crippen molar-refractivity contribution in [2.45, 2.75) is 46.4 Å². The van der Waals surface area contributed by atoms with E-state index in [4.69, 9.17) is 21.7 Å². The van der Waals surface area contributed by atoms with Crippen LogP contribution in [0.25, 0.3) is 0 Å². The molecule has 0 aliphatic heterocycles. The maximum absolute atomic E-state index is 12.6. The molecular formula is C21H25BrN2O3S. The normalized spacial score (nSPS) is 10.7. The predicted molar refractivity (Wildman–Crippen MR) is 119 cm³/mol. The fraction of sp³-hybridized carbons (Fsp3) is 0.333. The van der Waals surface area contributed by atoms with E-state index in [0.29, 0.717) is 17.9 Å². The van der Waals surface area contributed by atoms with E-state index in [1.54, 1.807) is 12.1 Å². The predicted octanol–water partition coefficient (Wildman–Crippen LogP) is 4.83. The van der Waals surface area contributed by atoms with E-state index < -0.39 is 0 Å². The zero-order valence-corrected chi connectivity index (χ0v) is 18.8. The number of hydrogen-bond donors (Lipinski definition) is 2. The Bertz CT molecular complexity index is 823. The van der Waals surface area contributed by atoms with Gasteiger partial charge in [0.25, 0.3) is 5.91 Å². The summed E-state index contributed by atoms with van der Waals surface area (Å²) in [6.07, 6.45) is 0.0924. The number of benzene rings is 2. The summed E-state index contributed by atoms with van der Waals surface area (Å²) in [5, 5.41) is 5.99. The molecule has 0 unspecified atom stereocenters. The Morgan fingerprint density at radius 3 is 2.29 bits per heavy atom. The second-order valence-electron chi connectivity index (χ2n) is 6.75. The molecule has 28 heavy (non-hydrogen) atoms. The molecule has 5 nitrogen and oxygen atoms in total. The van der Waals surface area contributed by atoms with Crippen LogP contribution in [0.15, 0.2) is 46.9 Å². The van der Waals surface area contributed by atoms with Crippen molar-refractivity contribution in [1.29, 1.82) is 0 Å². The molecule has 0 spiro atoms. The van der Waals surface area contributed by atoms with Gasteiger partial charge >= 0.3 is 0 Å². The molecule has 0 bridgehead atoms. The third-order valence-corrected chi connectivity index (χ3v) is 4.26. The van der Waals surface area contributed by atoms with Crippen LogP contribution in [0.4, 0.5) is 0 Å². The summed E-state index contributed by atoms with van der Waals surface area (Å²) < 4.78 is 12.1. The Hall–Kier alpha value is -2.12. The molecule has 2 N–H and O–H groups in total. The number of amides is 1. The van der Waals surface area contributed by atoms with Gasteiger partial charge in [0.05, 0.1) is 17.8 Å². The maximum Gasteiger partial charge on any atom is 0.261 e. The van der Waals surface area contributed by atoms with Gasteiger partial charge in [-0.05, 0) is 75.8 Å². The quantitative estimate of drug-likeness (QED) is 0.574. The Kier molecular flexibility index (Phi) is 8.26. The van der Waals surface area contributed by atoms with Crippen LogP contribution < -0.4 is 20.1 Å². The Labute approximate surface area is 179 Å². The maximum atomic E-state index is 12.6. The van der Waals surface area contributed by atoms with E-state index in [1.807, 2.05) is 58.0 Å². The summed E-state index contributed by atoms with van der Waals surface area (Å²) in [6, 6.07) is 13.0. The Balaban J connectivity index is 1.94. The van der Waals surface area contributed by atoms with Crippen LogP contribution in [0.3, 0.4) is 0 Å². The molecule has 0 aliphatic carbocycles. The van der Waals surface area contributed by atoms with Crippen LogP contribution in [-0.4, -0.2) is 23.2 Å². The third kappa shape index (κ3) is 7.13. The highest BCUT2D eigenvalue weighted by Crippen LogP contribution is 2.24. The van der Waals surface area contributed by atoms with Crippen molar-refractivity contribution in [3.8, 4) is 11.5 Å². The number of thiocarbonyl (C=S) groups is 1. The van der Waals surface area contributed by atoms with E-state index in [9.17, 15) is 4.79 Å². The summed E-state index contributed by atoms with van der Waals surface area (Å²) in [5.74, 6) is 1.01. The molecule has 1 amide bonds. The number of ether oxygens (including phenoxy) is 2. The van der Waals surface area contributed by atoms with Gasteiger partial charge in [0.15, 0.2) is 5.11 Å². The van der Waals surface area contributed by atoms with Gasteiger partial charge in [-0.2, -0.15) is 0 Å². The highest BCUT2D eigenvalue weighted by molar-refractivity contribution is 9.10. The van der Waals surface area contributed by atoms with Gasteiger partial charge in [-0.25, -0.2) is 0 Å². The molecule has 0 fully saturated rings. The smallest absolute Gasteiger partial charge is 0.261 e. The van der Waals surface area contributed by atoms with Crippen LogP contribution in [0.1, 0.15) is 43.6 Å². The fourth-order valence-electron chi connectivity index (χ4n) is 2.39. The van der Waals surface area contributed by atoms with E-state index in [-0.39, 0.29) is 23.2 Å². The number of rotatable bonds is 7. The van der Waals surface area contributed by atoms with Gasteiger partial charge in [-0.15, -0.1) is 0 Å². The van der Waals surface area contributed by atoms with Crippen molar-refractivity contribution in [2.75, 3.05) is 0 Å². The highest BCUT2D eigenvalue weighted by Gasteiger charge is 2.15. The molecule has 0 atom stereocenters. The van der Waals surface area contributed by atoms with E-state index in [0.717, 1.165) is 15.8 Å². The lowest BCUT2D eigenvalue weighted by Gasteiger charge is -2.15. The number of nitrogens with one attached hydrogen (secondary N) is 2. The van der Waals surface area contributed by atoms with Crippen LogP contribution >= 0.6 is 28.1 Å². The number of carbonyl (C=O) groups excluding carboxylic acids is 1. The first kappa shape index (κ1) is 22.2. The largest absolute Gasteiger partial charge is 0.491 e. The van der Waals surface area contributed by atoms with Crippen LogP contribution in [0.2, 0.25) is 0 Å². The molecule has 0 heterocycles. The lowest BCUT2D eigenvalue weighted by Crippen LogP contribution is -2.39. The zero-order valence-electron chi connectivity index (χ0n) is 16.4. The molecule has 0 saturated carbocycles. The van der Waals surface area contributed by atoms with Gasteiger partial charge in [-0.1, -0.05) is 28.1 Å². The van der Waals surface area contributed by atoms with Gasteiger partial charge in [0.1, 0.15) is 11.5 Å². The summed E-state index contributed by atoms with van der Waals surface area (Å²) in [5.41, 5.74) is 1.45. The van der Waals surface area contributed by atoms with Gasteiger partial charge in [0.2, 0.25) is 0 Å². The topological polar surface area (TPSA) is 59.6 Å². The third-order valence-electron chi connectivity index (χ3n) is 3.52. The minimum atomic E-state index is -0.324. The second-order valence-corrected chi connectivity index (χ2v) is 8.08. The number of carbonyl (C=O) groups is 1. The fourth-order valence-corrected chi connectivity index (χ4v) is 2.92. The van der Waals surface area contributed by atoms with Crippen molar-refractivity contribution in [3.05, 3.63) is 58.1 Å². The summed E-state index contributed by atoms with van der Waals surface area (Å²) in [6.45, 7) is 8.29. The lowest BCUT2D eigenvalue weighted by molar-refractivity contribution is 0.0970. The molecule has 2 aromatic carbocycles.